The molecule has 9 heteroatoms. The highest BCUT2D eigenvalue weighted by Crippen LogP contribution is 1.98. The number of quaternary nitrogens is 1. The van der Waals surface area contributed by atoms with Crippen molar-refractivity contribution in [3.63, 3.8) is 0 Å². The smallest absolute Gasteiger partial charge is 0.314 e. The summed E-state index contributed by atoms with van der Waals surface area (Å²) in [5, 5.41) is 9.89. The van der Waals surface area contributed by atoms with Gasteiger partial charge in [-0.2, -0.15) is 0 Å². The van der Waals surface area contributed by atoms with Gasteiger partial charge in [-0.3, -0.25) is 4.57 Å². The predicted octanol–water partition coefficient (Wildman–Crippen LogP) is -1.87. The fourth-order valence-electron chi connectivity index (χ4n) is 0.387. The molecule has 0 aromatic heterocycles. The van der Waals surface area contributed by atoms with E-state index in [1.54, 1.807) is 21.1 Å². The van der Waals surface area contributed by atoms with Crippen LogP contribution in [0.25, 0.3) is 0 Å². The summed E-state index contributed by atoms with van der Waals surface area (Å²) in [6.45, 7) is 0.0694. The lowest BCUT2D eigenvalue weighted by Crippen LogP contribution is -2.45. The largest absolute Gasteiger partial charge is 0.544 e. The second-order valence-corrected chi connectivity index (χ2v) is 3.67. The Morgan fingerprint density at radius 2 is 1.50 bits per heavy atom. The molecule has 0 saturated heterocycles. The van der Waals surface area contributed by atoms with Gasteiger partial charge in [0, 0.05) is 0 Å². The fraction of sp³-hybridized carbons (Fsp3) is 0.800. The second kappa shape index (κ2) is 10.6. The van der Waals surface area contributed by atoms with Gasteiger partial charge in [-0.05, 0) is 0 Å². The number of aliphatic carboxylic acids is 1. The number of rotatable bonds is 2. The molecular formula is C5H20N3O5P. The number of hydrogen-bond acceptors (Lipinski definition) is 5. The highest BCUT2D eigenvalue weighted by Gasteiger charge is 2.04. The van der Waals surface area contributed by atoms with E-state index in [-0.39, 0.29) is 18.8 Å². The highest BCUT2D eigenvalue weighted by molar-refractivity contribution is 7.30. The lowest BCUT2D eigenvalue weighted by atomic mass is 10.5. The van der Waals surface area contributed by atoms with Gasteiger partial charge in [0.2, 0.25) is 0 Å². The van der Waals surface area contributed by atoms with Crippen molar-refractivity contribution in [2.75, 3.05) is 27.7 Å². The van der Waals surface area contributed by atoms with Crippen LogP contribution in [-0.2, 0) is 9.36 Å². The Balaban J connectivity index is -0.0000000733. The molecule has 0 spiro atoms. The minimum Gasteiger partial charge on any atom is -0.544 e. The Kier molecular flexibility index (Phi) is 17.7. The number of nitrogens with zero attached hydrogens (tertiary/aromatic N) is 1. The van der Waals surface area contributed by atoms with Gasteiger partial charge in [0.05, 0.1) is 27.1 Å². The van der Waals surface area contributed by atoms with Gasteiger partial charge < -0.3 is 36.5 Å². The molecule has 0 aromatic carbocycles. The molecule has 14 heavy (non-hydrogen) atoms. The molecule has 8 nitrogen and oxygen atoms in total. The third kappa shape index (κ3) is 62.6. The minimum atomic E-state index is -3.13. The van der Waals surface area contributed by atoms with Crippen LogP contribution in [0.1, 0.15) is 0 Å². The van der Waals surface area contributed by atoms with E-state index in [1.165, 1.54) is 0 Å². The average molecular weight is 233 g/mol. The average Bonchev–Trinajstić information content (AvgIpc) is 1.52. The standard InChI is InChI=1S/C5H11NO2.2H3N.H3O3P/c1-6(2,3)4-5(7)8;;;1-4(2)3/h4H2,1-3H3;2*1H3;4H,(H2,1,2,3). The van der Waals surface area contributed by atoms with Crippen LogP contribution in [0.2, 0.25) is 0 Å². The minimum absolute atomic E-state index is 0. The zero-order chi connectivity index (χ0) is 10.4. The zero-order valence-electron chi connectivity index (χ0n) is 8.69. The lowest BCUT2D eigenvalue weighted by Gasteiger charge is -2.23. The first-order valence-corrected chi connectivity index (χ1v) is 4.37. The summed E-state index contributed by atoms with van der Waals surface area (Å²) >= 11 is 0. The molecule has 0 saturated carbocycles. The van der Waals surface area contributed by atoms with Crippen molar-refractivity contribution in [1.82, 2.24) is 12.3 Å². The van der Waals surface area contributed by atoms with Crippen molar-refractivity contribution in [3.05, 3.63) is 0 Å². The Morgan fingerprint density at radius 1 is 1.29 bits per heavy atom. The molecule has 0 fully saturated rings. The topological polar surface area (TPSA) is 168 Å². The van der Waals surface area contributed by atoms with Crippen LogP contribution in [0, 0.1) is 0 Å². The third-order valence-electron chi connectivity index (χ3n) is 0.603. The van der Waals surface area contributed by atoms with E-state index in [2.05, 4.69) is 0 Å². The van der Waals surface area contributed by atoms with Crippen LogP contribution in [0.3, 0.4) is 0 Å². The first-order valence-electron chi connectivity index (χ1n) is 3.07. The SMILES string of the molecule is C[N+](C)(C)CC(=O)[O-].N.N.O=[PH](O)O. The third-order valence-corrected chi connectivity index (χ3v) is 0.603. The van der Waals surface area contributed by atoms with E-state index in [1.807, 2.05) is 0 Å². The lowest BCUT2D eigenvalue weighted by molar-refractivity contribution is -0.864. The molecule has 0 bridgehead atoms. The summed E-state index contributed by atoms with van der Waals surface area (Å²) in [7, 11) is 2.27. The van der Waals surface area contributed by atoms with Crippen LogP contribution < -0.4 is 17.4 Å². The van der Waals surface area contributed by atoms with Crippen molar-refractivity contribution in [2.45, 2.75) is 0 Å². The number of carbonyl (C=O) groups is 1. The maximum Gasteiger partial charge on any atom is 0.314 e. The van der Waals surface area contributed by atoms with Gasteiger partial charge in [-0.15, -0.1) is 0 Å². The molecule has 8 N–H and O–H groups in total. The molecule has 0 amide bonds. The second-order valence-electron chi connectivity index (χ2n) is 3.10. The molecule has 90 valence electrons. The summed E-state index contributed by atoms with van der Waals surface area (Å²) in [6, 6.07) is 0. The van der Waals surface area contributed by atoms with Crippen molar-refractivity contribution in [3.8, 4) is 0 Å². The van der Waals surface area contributed by atoms with Crippen LogP contribution in [0.15, 0.2) is 0 Å². The van der Waals surface area contributed by atoms with Crippen molar-refractivity contribution in [2.24, 2.45) is 0 Å². The van der Waals surface area contributed by atoms with Gasteiger partial charge >= 0.3 is 8.25 Å². The number of carboxylic acid groups (broad SMARTS) is 1. The van der Waals surface area contributed by atoms with Crippen molar-refractivity contribution >= 4 is 14.2 Å². The summed E-state index contributed by atoms with van der Waals surface area (Å²) in [5.41, 5.74) is 0. The van der Waals surface area contributed by atoms with E-state index in [0.29, 0.717) is 4.48 Å². The molecule has 0 atom stereocenters. The molecule has 0 rings (SSSR count). The Labute approximate surface area is 83.9 Å². The van der Waals surface area contributed by atoms with Gasteiger partial charge in [0.15, 0.2) is 0 Å². The van der Waals surface area contributed by atoms with E-state index >= 15 is 0 Å². The molecule has 0 heterocycles. The van der Waals surface area contributed by atoms with Crippen LogP contribution in [0.5, 0.6) is 0 Å². The summed E-state index contributed by atoms with van der Waals surface area (Å²) in [5.74, 6) is -1.00. The summed E-state index contributed by atoms with van der Waals surface area (Å²) < 4.78 is 9.16. The van der Waals surface area contributed by atoms with Crippen LogP contribution >= 0.6 is 8.25 Å². The molecule has 0 aliphatic carbocycles. The monoisotopic (exact) mass is 233 g/mol. The molecule has 0 radical (unpaired) electrons. The summed E-state index contributed by atoms with van der Waals surface area (Å²) in [6.07, 6.45) is 0. The van der Waals surface area contributed by atoms with E-state index in [0.717, 1.165) is 0 Å². The van der Waals surface area contributed by atoms with Crippen LogP contribution in [0.4, 0.5) is 0 Å². The normalized spacial score (nSPS) is 9.00. The molecule has 0 aliphatic heterocycles. The Hall–Kier alpha value is -0.500. The molecule has 0 aliphatic rings. The fourth-order valence-corrected chi connectivity index (χ4v) is 0.387. The van der Waals surface area contributed by atoms with Gasteiger partial charge in [-0.25, -0.2) is 0 Å². The van der Waals surface area contributed by atoms with Gasteiger partial charge in [0.25, 0.3) is 0 Å². The van der Waals surface area contributed by atoms with E-state index in [9.17, 15) is 9.90 Å². The van der Waals surface area contributed by atoms with E-state index in [4.69, 9.17) is 14.4 Å². The predicted molar refractivity (Wildman–Crippen MR) is 51.4 cm³/mol. The first-order chi connectivity index (χ1) is 5.15. The number of hydrogen-bond donors (Lipinski definition) is 4. The number of likely N-dealkylation sites (N-methyl/N-ethyl adjacent to an activating group) is 1. The Morgan fingerprint density at radius 3 is 1.50 bits per heavy atom. The Bertz CT molecular complexity index is 165. The van der Waals surface area contributed by atoms with E-state index < -0.39 is 14.2 Å². The molecule has 0 aromatic rings. The maximum absolute atomic E-state index is 9.89. The maximum atomic E-state index is 9.89. The quantitative estimate of drug-likeness (QED) is 0.320. The van der Waals surface area contributed by atoms with Crippen molar-refractivity contribution < 1.29 is 28.7 Å². The molecule has 0 unspecified atom stereocenters. The zero-order valence-corrected chi connectivity index (χ0v) is 9.69. The number of carbonyl (C=O) groups excluding carboxylic acids is 1. The van der Waals surface area contributed by atoms with Crippen LogP contribution in [-0.4, -0.2) is 47.9 Å². The number of carboxylic acids is 1. The summed E-state index contributed by atoms with van der Waals surface area (Å²) in [4.78, 5) is 24.2. The van der Waals surface area contributed by atoms with Crippen molar-refractivity contribution in [1.29, 1.82) is 0 Å². The molecular weight excluding hydrogens is 213 g/mol. The van der Waals surface area contributed by atoms with Gasteiger partial charge in [-0.1, -0.05) is 0 Å². The highest BCUT2D eigenvalue weighted by atomic mass is 31.1. The first kappa shape index (κ1) is 23.4. The van der Waals surface area contributed by atoms with Gasteiger partial charge in [0.1, 0.15) is 6.54 Å².